The Morgan fingerprint density at radius 2 is 1.82 bits per heavy atom. The van der Waals surface area contributed by atoms with E-state index in [9.17, 15) is 18.4 Å². The first-order chi connectivity index (χ1) is 18.0. The van der Waals surface area contributed by atoms with E-state index in [-0.39, 0.29) is 28.8 Å². The fourth-order valence-corrected chi connectivity index (χ4v) is 4.25. The third-order valence-corrected chi connectivity index (χ3v) is 6.48. The Morgan fingerprint density at radius 1 is 1.11 bits per heavy atom. The molecule has 0 aliphatic carbocycles. The molecule has 1 N–H and O–H groups in total. The molecule has 7 nitrogen and oxygen atoms in total. The lowest BCUT2D eigenvalue weighted by molar-refractivity contribution is -0.128. The van der Waals surface area contributed by atoms with Crippen molar-refractivity contribution in [1.29, 1.82) is 0 Å². The first-order valence-electron chi connectivity index (χ1n) is 11.6. The highest BCUT2D eigenvalue weighted by molar-refractivity contribution is 6.43. The van der Waals surface area contributed by atoms with Crippen molar-refractivity contribution in [2.45, 2.75) is 33.9 Å². The zero-order valence-electron chi connectivity index (χ0n) is 20.7. The second-order valence-corrected chi connectivity index (χ2v) is 10.2. The van der Waals surface area contributed by atoms with Gasteiger partial charge in [-0.15, -0.1) is 0 Å². The minimum Gasteiger partial charge on any atom is -0.435 e. The monoisotopic (exact) mass is 560 g/mol. The molecule has 198 valence electrons. The summed E-state index contributed by atoms with van der Waals surface area (Å²) < 4.78 is 32.3. The number of anilines is 1. The molecular weight excluding hydrogens is 537 g/mol. The minimum absolute atomic E-state index is 0.0142. The molecule has 0 aliphatic heterocycles. The van der Waals surface area contributed by atoms with Gasteiger partial charge in [-0.1, -0.05) is 56.6 Å². The average Bonchev–Trinajstić information content (AvgIpc) is 3.31. The quantitative estimate of drug-likeness (QED) is 0.254. The number of carbonyl (C=O) groups is 2. The molecule has 0 fully saturated rings. The van der Waals surface area contributed by atoms with Crippen LogP contribution < -0.4 is 14.5 Å². The third-order valence-electron chi connectivity index (χ3n) is 5.70. The molecule has 3 aromatic carbocycles. The molecule has 0 unspecified atom stereocenters. The summed E-state index contributed by atoms with van der Waals surface area (Å²) in [6, 6.07) is 16.1. The molecular formula is C27H24Cl2F2N4O3. The maximum absolute atomic E-state index is 13.4. The summed E-state index contributed by atoms with van der Waals surface area (Å²) in [4.78, 5) is 25.6. The standard InChI is InChI=1S/C27H24Cl2F2N4O3/c1-27(2,3)25(37)32-14-16-7-4-10-19(23(16)28)24(36)34(29)21-11-6-12-22-20(21)15-33-35(22)17-8-5-9-18(13-17)38-26(30)31/h4-13,15,26H,14H2,1-3H3,(H,32,37). The zero-order valence-corrected chi connectivity index (χ0v) is 22.2. The first-order valence-corrected chi connectivity index (χ1v) is 12.3. The lowest BCUT2D eigenvalue weighted by Gasteiger charge is -2.19. The van der Waals surface area contributed by atoms with Gasteiger partial charge in [0, 0.05) is 35.2 Å². The summed E-state index contributed by atoms with van der Waals surface area (Å²) in [5.41, 5.74) is 1.56. The van der Waals surface area contributed by atoms with Crippen LogP contribution in [0.3, 0.4) is 0 Å². The van der Waals surface area contributed by atoms with Gasteiger partial charge in [0.05, 0.1) is 33.7 Å². The van der Waals surface area contributed by atoms with Crippen molar-refractivity contribution in [2.75, 3.05) is 4.42 Å². The SMILES string of the molecule is CC(C)(C)C(=O)NCc1cccc(C(=O)N(Cl)c2cccc3c2cnn3-c2cccc(OC(F)F)c2)c1Cl. The zero-order chi connectivity index (χ0) is 27.6. The van der Waals surface area contributed by atoms with Crippen molar-refractivity contribution in [3.8, 4) is 11.4 Å². The van der Waals surface area contributed by atoms with E-state index in [0.717, 1.165) is 4.42 Å². The second-order valence-electron chi connectivity index (χ2n) is 9.44. The number of rotatable bonds is 7. The van der Waals surface area contributed by atoms with Crippen LogP contribution in [0.25, 0.3) is 16.6 Å². The van der Waals surface area contributed by atoms with Crippen LogP contribution >= 0.6 is 23.4 Å². The molecule has 0 aliphatic rings. The number of hydrogen-bond donors (Lipinski definition) is 1. The number of halogens is 4. The summed E-state index contributed by atoms with van der Waals surface area (Å²) in [6.45, 7) is 2.58. The summed E-state index contributed by atoms with van der Waals surface area (Å²) >= 11 is 13.1. The summed E-state index contributed by atoms with van der Waals surface area (Å²) in [5.74, 6) is -0.743. The second kappa shape index (κ2) is 11.0. The number of aromatic nitrogens is 2. The van der Waals surface area contributed by atoms with E-state index < -0.39 is 17.9 Å². The van der Waals surface area contributed by atoms with Crippen LogP contribution in [0.2, 0.25) is 5.02 Å². The maximum atomic E-state index is 13.4. The van der Waals surface area contributed by atoms with Gasteiger partial charge in [-0.2, -0.15) is 13.9 Å². The number of ether oxygens (including phenoxy) is 1. The number of benzene rings is 3. The highest BCUT2D eigenvalue weighted by Crippen LogP contribution is 2.33. The molecule has 1 heterocycles. The Hall–Kier alpha value is -3.69. The Morgan fingerprint density at radius 3 is 2.53 bits per heavy atom. The van der Waals surface area contributed by atoms with Gasteiger partial charge in [-0.3, -0.25) is 9.59 Å². The summed E-state index contributed by atoms with van der Waals surface area (Å²) in [6.07, 6.45) is 1.52. The molecule has 0 saturated heterocycles. The molecule has 4 rings (SSSR count). The van der Waals surface area contributed by atoms with E-state index in [4.69, 9.17) is 23.4 Å². The van der Waals surface area contributed by atoms with Crippen molar-refractivity contribution < 1.29 is 23.1 Å². The summed E-state index contributed by atoms with van der Waals surface area (Å²) in [5, 5.41) is 7.90. The third kappa shape index (κ3) is 5.74. The van der Waals surface area contributed by atoms with Crippen molar-refractivity contribution in [1.82, 2.24) is 15.1 Å². The summed E-state index contributed by atoms with van der Waals surface area (Å²) in [7, 11) is 0. The number of fused-ring (bicyclic) bond motifs is 1. The number of hydrogen-bond acceptors (Lipinski definition) is 4. The van der Waals surface area contributed by atoms with Crippen molar-refractivity contribution >= 4 is 51.8 Å². The van der Waals surface area contributed by atoms with E-state index in [1.54, 1.807) is 69.3 Å². The lowest BCUT2D eigenvalue weighted by atomic mass is 9.95. The number of nitrogens with one attached hydrogen (secondary N) is 1. The molecule has 0 saturated carbocycles. The molecule has 1 aromatic heterocycles. The van der Waals surface area contributed by atoms with Crippen LogP contribution in [-0.4, -0.2) is 28.2 Å². The van der Waals surface area contributed by atoms with Crippen molar-refractivity contribution in [2.24, 2.45) is 5.41 Å². The smallest absolute Gasteiger partial charge is 0.387 e. The Labute approximate surface area is 228 Å². The first kappa shape index (κ1) is 27.3. The fourth-order valence-electron chi connectivity index (χ4n) is 3.74. The highest BCUT2D eigenvalue weighted by atomic mass is 35.5. The molecule has 38 heavy (non-hydrogen) atoms. The van der Waals surface area contributed by atoms with E-state index in [1.807, 2.05) is 0 Å². The van der Waals surface area contributed by atoms with Crippen LogP contribution in [0.4, 0.5) is 14.5 Å². The van der Waals surface area contributed by atoms with Gasteiger partial charge in [0.1, 0.15) is 5.75 Å². The van der Waals surface area contributed by atoms with Gasteiger partial charge in [0.25, 0.3) is 5.91 Å². The molecule has 0 radical (unpaired) electrons. The fraction of sp³-hybridized carbons (Fsp3) is 0.222. The predicted molar refractivity (Wildman–Crippen MR) is 143 cm³/mol. The largest absolute Gasteiger partial charge is 0.435 e. The lowest BCUT2D eigenvalue weighted by Crippen LogP contribution is -2.34. The highest BCUT2D eigenvalue weighted by Gasteiger charge is 2.24. The number of alkyl halides is 2. The number of carbonyl (C=O) groups excluding carboxylic acids is 2. The molecule has 4 aromatic rings. The van der Waals surface area contributed by atoms with E-state index >= 15 is 0 Å². The predicted octanol–water partition coefficient (Wildman–Crippen LogP) is 6.74. The van der Waals surface area contributed by atoms with Crippen LogP contribution in [-0.2, 0) is 11.3 Å². The normalized spacial score (nSPS) is 11.6. The minimum atomic E-state index is -2.96. The van der Waals surface area contributed by atoms with Gasteiger partial charge in [-0.25, -0.2) is 9.10 Å². The molecule has 11 heteroatoms. The number of amides is 2. The average molecular weight is 561 g/mol. The van der Waals surface area contributed by atoms with Crippen LogP contribution in [0.1, 0.15) is 36.7 Å². The Bertz CT molecular complexity index is 1500. The van der Waals surface area contributed by atoms with Crippen LogP contribution in [0.15, 0.2) is 66.9 Å². The molecule has 0 spiro atoms. The van der Waals surface area contributed by atoms with Crippen LogP contribution in [0.5, 0.6) is 5.75 Å². The van der Waals surface area contributed by atoms with Crippen molar-refractivity contribution in [3.63, 3.8) is 0 Å². The topological polar surface area (TPSA) is 76.5 Å². The van der Waals surface area contributed by atoms with E-state index in [2.05, 4.69) is 15.2 Å². The van der Waals surface area contributed by atoms with Gasteiger partial charge in [0.15, 0.2) is 0 Å². The number of nitrogens with zero attached hydrogens (tertiary/aromatic N) is 3. The van der Waals surface area contributed by atoms with E-state index in [1.165, 1.54) is 23.0 Å². The maximum Gasteiger partial charge on any atom is 0.387 e. The van der Waals surface area contributed by atoms with E-state index in [0.29, 0.717) is 27.8 Å². The van der Waals surface area contributed by atoms with Gasteiger partial charge in [-0.05, 0) is 35.9 Å². The van der Waals surface area contributed by atoms with Gasteiger partial charge >= 0.3 is 6.61 Å². The van der Waals surface area contributed by atoms with Crippen LogP contribution in [0, 0.1) is 5.41 Å². The molecule has 0 atom stereocenters. The Kier molecular flexibility index (Phi) is 7.89. The molecule has 0 bridgehead atoms. The van der Waals surface area contributed by atoms with Gasteiger partial charge in [0.2, 0.25) is 5.91 Å². The van der Waals surface area contributed by atoms with Crippen molar-refractivity contribution in [3.05, 3.63) is 83.0 Å². The Balaban J connectivity index is 1.63. The molecule has 2 amide bonds. The van der Waals surface area contributed by atoms with Gasteiger partial charge < -0.3 is 10.1 Å².